The lowest BCUT2D eigenvalue weighted by atomic mass is 10.1. The van der Waals surface area contributed by atoms with Gasteiger partial charge in [-0.1, -0.05) is 0 Å². The van der Waals surface area contributed by atoms with Gasteiger partial charge in [0.1, 0.15) is 5.76 Å². The number of rotatable bonds is 2. The van der Waals surface area contributed by atoms with Crippen molar-refractivity contribution in [1.29, 1.82) is 0 Å². The highest BCUT2D eigenvalue weighted by Crippen LogP contribution is 2.25. The second-order valence-electron chi connectivity index (χ2n) is 3.56. The summed E-state index contributed by atoms with van der Waals surface area (Å²) >= 11 is 0. The number of ether oxygens (including phenoxy) is 1. The maximum atomic E-state index is 6.07. The number of nitrogens with two attached hydrogens (primary N) is 1. The Hall–Kier alpha value is -1.29. The molecule has 2 heterocycles. The average Bonchev–Trinajstić information content (AvgIpc) is 2.73. The van der Waals surface area contributed by atoms with Gasteiger partial charge in [0.05, 0.1) is 18.3 Å². The maximum absolute atomic E-state index is 6.07. The summed E-state index contributed by atoms with van der Waals surface area (Å²) < 4.78 is 7.21. The molecule has 0 bridgehead atoms. The van der Waals surface area contributed by atoms with Gasteiger partial charge >= 0.3 is 0 Å². The van der Waals surface area contributed by atoms with Crippen molar-refractivity contribution < 1.29 is 4.74 Å². The molecule has 0 fully saturated rings. The SMILES string of the molecule is Cc1nn(C)cc1C(N)C1=CCCO1. The maximum Gasteiger partial charge on any atom is 0.113 e. The van der Waals surface area contributed by atoms with E-state index in [9.17, 15) is 0 Å². The van der Waals surface area contributed by atoms with E-state index in [0.717, 1.165) is 30.0 Å². The van der Waals surface area contributed by atoms with Gasteiger partial charge in [-0.2, -0.15) is 5.10 Å². The molecule has 0 amide bonds. The fourth-order valence-electron chi connectivity index (χ4n) is 1.73. The van der Waals surface area contributed by atoms with Gasteiger partial charge < -0.3 is 10.5 Å². The summed E-state index contributed by atoms with van der Waals surface area (Å²) in [6.07, 6.45) is 4.96. The molecule has 1 aliphatic heterocycles. The molecule has 1 atom stereocenters. The molecule has 0 spiro atoms. The number of hydrogen-bond acceptors (Lipinski definition) is 3. The lowest BCUT2D eigenvalue weighted by Crippen LogP contribution is -2.14. The van der Waals surface area contributed by atoms with Crippen molar-refractivity contribution >= 4 is 0 Å². The van der Waals surface area contributed by atoms with E-state index in [1.807, 2.05) is 20.2 Å². The molecule has 0 saturated carbocycles. The van der Waals surface area contributed by atoms with Gasteiger partial charge in [-0.15, -0.1) is 0 Å². The van der Waals surface area contributed by atoms with Gasteiger partial charge in [0, 0.05) is 25.2 Å². The minimum Gasteiger partial charge on any atom is -0.496 e. The molecule has 0 radical (unpaired) electrons. The van der Waals surface area contributed by atoms with Crippen LogP contribution in [0.25, 0.3) is 0 Å². The first-order valence-corrected chi connectivity index (χ1v) is 4.77. The summed E-state index contributed by atoms with van der Waals surface area (Å²) in [6.45, 7) is 2.72. The minimum atomic E-state index is -0.161. The Morgan fingerprint density at radius 3 is 2.93 bits per heavy atom. The van der Waals surface area contributed by atoms with Gasteiger partial charge in [-0.3, -0.25) is 4.68 Å². The molecule has 1 aromatic rings. The minimum absolute atomic E-state index is 0.161. The molecule has 1 unspecified atom stereocenters. The molecule has 0 aromatic carbocycles. The second kappa shape index (κ2) is 3.46. The molecule has 2 N–H and O–H groups in total. The summed E-state index contributed by atoms with van der Waals surface area (Å²) in [5, 5.41) is 4.26. The molecule has 0 saturated heterocycles. The third-order valence-corrected chi connectivity index (χ3v) is 2.43. The summed E-state index contributed by atoms with van der Waals surface area (Å²) in [4.78, 5) is 0. The van der Waals surface area contributed by atoms with Gasteiger partial charge in [-0.25, -0.2) is 0 Å². The van der Waals surface area contributed by atoms with E-state index in [1.165, 1.54) is 0 Å². The van der Waals surface area contributed by atoms with Crippen LogP contribution >= 0.6 is 0 Å². The van der Waals surface area contributed by atoms with E-state index >= 15 is 0 Å². The van der Waals surface area contributed by atoms with Gasteiger partial charge in [0.2, 0.25) is 0 Å². The first-order chi connectivity index (χ1) is 6.68. The largest absolute Gasteiger partial charge is 0.496 e. The highest BCUT2D eigenvalue weighted by atomic mass is 16.5. The van der Waals surface area contributed by atoms with Crippen LogP contribution in [-0.4, -0.2) is 16.4 Å². The van der Waals surface area contributed by atoms with Gasteiger partial charge in [0.15, 0.2) is 0 Å². The molecule has 4 heteroatoms. The third-order valence-electron chi connectivity index (χ3n) is 2.43. The predicted octanol–water partition coefficient (Wildman–Crippen LogP) is 1.03. The van der Waals surface area contributed by atoms with Crippen molar-refractivity contribution in [3.63, 3.8) is 0 Å². The highest BCUT2D eigenvalue weighted by Gasteiger charge is 2.19. The van der Waals surface area contributed by atoms with Gasteiger partial charge in [0.25, 0.3) is 0 Å². The smallest absolute Gasteiger partial charge is 0.113 e. The van der Waals surface area contributed by atoms with Crippen LogP contribution in [0.2, 0.25) is 0 Å². The molecular weight excluding hydrogens is 178 g/mol. The molecule has 2 rings (SSSR count). The van der Waals surface area contributed by atoms with Crippen molar-refractivity contribution in [1.82, 2.24) is 9.78 Å². The van der Waals surface area contributed by atoms with Crippen LogP contribution in [-0.2, 0) is 11.8 Å². The fourth-order valence-corrected chi connectivity index (χ4v) is 1.73. The summed E-state index contributed by atoms with van der Waals surface area (Å²) in [5.41, 5.74) is 8.08. The molecule has 4 nitrogen and oxygen atoms in total. The topological polar surface area (TPSA) is 53.1 Å². The van der Waals surface area contributed by atoms with E-state index in [2.05, 4.69) is 11.2 Å². The van der Waals surface area contributed by atoms with Crippen LogP contribution < -0.4 is 5.73 Å². The van der Waals surface area contributed by atoms with Crippen LogP contribution in [0.5, 0.6) is 0 Å². The molecule has 76 valence electrons. The molecule has 1 aromatic heterocycles. The average molecular weight is 193 g/mol. The van der Waals surface area contributed by atoms with E-state index in [1.54, 1.807) is 4.68 Å². The number of aryl methyl sites for hydroxylation is 2. The number of aromatic nitrogens is 2. The lowest BCUT2D eigenvalue weighted by Gasteiger charge is -2.11. The Morgan fingerprint density at radius 1 is 1.64 bits per heavy atom. The van der Waals surface area contributed by atoms with Crippen molar-refractivity contribution in [2.75, 3.05) is 6.61 Å². The van der Waals surface area contributed by atoms with Crippen molar-refractivity contribution in [2.24, 2.45) is 12.8 Å². The van der Waals surface area contributed by atoms with Gasteiger partial charge in [-0.05, 0) is 13.0 Å². The van der Waals surface area contributed by atoms with Crippen LogP contribution in [0.1, 0.15) is 23.7 Å². The fraction of sp³-hybridized carbons (Fsp3) is 0.500. The van der Waals surface area contributed by atoms with E-state index in [4.69, 9.17) is 10.5 Å². The highest BCUT2D eigenvalue weighted by molar-refractivity contribution is 5.27. The molecule has 14 heavy (non-hydrogen) atoms. The summed E-state index contributed by atoms with van der Waals surface area (Å²) in [7, 11) is 1.90. The van der Waals surface area contributed by atoms with Crippen molar-refractivity contribution in [3.8, 4) is 0 Å². The third kappa shape index (κ3) is 1.53. The zero-order valence-electron chi connectivity index (χ0n) is 8.53. The Bertz CT molecular complexity index is 367. The zero-order chi connectivity index (χ0) is 10.1. The standard InChI is InChI=1S/C10H15N3O/c1-7-8(6-13(2)12-7)10(11)9-4-3-5-14-9/h4,6,10H,3,5,11H2,1-2H3. The lowest BCUT2D eigenvalue weighted by molar-refractivity contribution is 0.225. The van der Waals surface area contributed by atoms with E-state index < -0.39 is 0 Å². The Morgan fingerprint density at radius 2 is 2.43 bits per heavy atom. The Labute approximate surface area is 83.4 Å². The number of hydrogen-bond donors (Lipinski definition) is 1. The van der Waals surface area contributed by atoms with Crippen molar-refractivity contribution in [2.45, 2.75) is 19.4 Å². The Kier molecular flexibility index (Phi) is 2.29. The molecular formula is C10H15N3O. The van der Waals surface area contributed by atoms with Crippen LogP contribution in [0.3, 0.4) is 0 Å². The first-order valence-electron chi connectivity index (χ1n) is 4.77. The van der Waals surface area contributed by atoms with Crippen molar-refractivity contribution in [3.05, 3.63) is 29.3 Å². The Balaban J connectivity index is 2.25. The van der Waals surface area contributed by atoms with Crippen LogP contribution in [0.15, 0.2) is 18.0 Å². The quantitative estimate of drug-likeness (QED) is 0.763. The normalized spacial score (nSPS) is 17.8. The zero-order valence-corrected chi connectivity index (χ0v) is 8.53. The first kappa shape index (κ1) is 9.27. The summed E-state index contributed by atoms with van der Waals surface area (Å²) in [6, 6.07) is -0.161. The van der Waals surface area contributed by atoms with E-state index in [0.29, 0.717) is 0 Å². The number of nitrogens with zero attached hydrogens (tertiary/aromatic N) is 2. The van der Waals surface area contributed by atoms with E-state index in [-0.39, 0.29) is 6.04 Å². The van der Waals surface area contributed by atoms with Crippen LogP contribution in [0.4, 0.5) is 0 Å². The monoisotopic (exact) mass is 193 g/mol. The second-order valence-corrected chi connectivity index (χ2v) is 3.56. The van der Waals surface area contributed by atoms with Crippen LogP contribution in [0, 0.1) is 6.92 Å². The predicted molar refractivity (Wildman–Crippen MR) is 53.5 cm³/mol. The molecule has 1 aliphatic rings. The molecule has 0 aliphatic carbocycles. The summed E-state index contributed by atoms with van der Waals surface area (Å²) in [5.74, 6) is 0.876.